The standard InChI is InChI=1S/C12H18ClNOS/c1-8(11-6-7-12(13)16-11)14-9-2-4-10(15)5-3-9/h6-10,14-15H,2-5H2,1H3. The van der Waals surface area contributed by atoms with Gasteiger partial charge in [-0.3, -0.25) is 0 Å². The van der Waals surface area contributed by atoms with Crippen LogP contribution in [0.25, 0.3) is 0 Å². The Labute approximate surface area is 106 Å². The van der Waals surface area contributed by atoms with E-state index >= 15 is 0 Å². The maximum atomic E-state index is 9.44. The molecule has 1 atom stereocenters. The normalized spacial score (nSPS) is 27.9. The fourth-order valence-electron chi connectivity index (χ4n) is 2.24. The summed E-state index contributed by atoms with van der Waals surface area (Å²) < 4.78 is 0.850. The molecule has 2 rings (SSSR count). The van der Waals surface area contributed by atoms with Gasteiger partial charge in [-0.1, -0.05) is 11.6 Å². The summed E-state index contributed by atoms with van der Waals surface area (Å²) in [4.78, 5) is 1.29. The number of rotatable bonds is 3. The van der Waals surface area contributed by atoms with Crippen molar-refractivity contribution < 1.29 is 5.11 Å². The molecule has 1 aromatic rings. The van der Waals surface area contributed by atoms with Crippen LogP contribution in [0.5, 0.6) is 0 Å². The van der Waals surface area contributed by atoms with Crippen molar-refractivity contribution in [2.75, 3.05) is 0 Å². The molecule has 0 bridgehead atoms. The Hall–Kier alpha value is -0.0900. The zero-order chi connectivity index (χ0) is 11.5. The Balaban J connectivity index is 1.85. The SMILES string of the molecule is CC(NC1CCC(O)CC1)c1ccc(Cl)s1. The Morgan fingerprint density at radius 1 is 1.38 bits per heavy atom. The van der Waals surface area contributed by atoms with Crippen molar-refractivity contribution in [2.45, 2.75) is 50.8 Å². The van der Waals surface area contributed by atoms with Gasteiger partial charge in [0.05, 0.1) is 10.4 Å². The van der Waals surface area contributed by atoms with Gasteiger partial charge in [-0.2, -0.15) is 0 Å². The lowest BCUT2D eigenvalue weighted by Crippen LogP contribution is -2.35. The van der Waals surface area contributed by atoms with Gasteiger partial charge in [-0.25, -0.2) is 0 Å². The highest BCUT2D eigenvalue weighted by Crippen LogP contribution is 2.28. The third-order valence-electron chi connectivity index (χ3n) is 3.20. The monoisotopic (exact) mass is 259 g/mol. The Kier molecular flexibility index (Phi) is 4.25. The zero-order valence-electron chi connectivity index (χ0n) is 9.45. The summed E-state index contributed by atoms with van der Waals surface area (Å²) in [5, 5.41) is 13.0. The molecular weight excluding hydrogens is 242 g/mol. The van der Waals surface area contributed by atoms with Crippen LogP contribution in [-0.4, -0.2) is 17.3 Å². The van der Waals surface area contributed by atoms with Gasteiger partial charge in [0.1, 0.15) is 0 Å². The highest BCUT2D eigenvalue weighted by atomic mass is 35.5. The number of aliphatic hydroxyl groups excluding tert-OH is 1. The largest absolute Gasteiger partial charge is 0.393 e. The Bertz CT molecular complexity index is 334. The number of aliphatic hydroxyl groups is 1. The van der Waals surface area contributed by atoms with Crippen LogP contribution in [0.15, 0.2) is 12.1 Å². The van der Waals surface area contributed by atoms with Gasteiger partial charge >= 0.3 is 0 Å². The van der Waals surface area contributed by atoms with Gasteiger partial charge in [0, 0.05) is 17.0 Å². The minimum atomic E-state index is -0.0791. The number of hydrogen-bond donors (Lipinski definition) is 2. The topological polar surface area (TPSA) is 32.3 Å². The molecule has 0 radical (unpaired) electrons. The first kappa shape index (κ1) is 12.4. The average molecular weight is 260 g/mol. The zero-order valence-corrected chi connectivity index (χ0v) is 11.0. The Morgan fingerprint density at radius 2 is 2.06 bits per heavy atom. The molecule has 4 heteroatoms. The van der Waals surface area contributed by atoms with Crippen molar-refractivity contribution in [3.05, 3.63) is 21.3 Å². The van der Waals surface area contributed by atoms with Gasteiger partial charge in [-0.15, -0.1) is 11.3 Å². The maximum Gasteiger partial charge on any atom is 0.0931 e. The van der Waals surface area contributed by atoms with E-state index in [9.17, 15) is 5.11 Å². The van der Waals surface area contributed by atoms with Crippen LogP contribution in [-0.2, 0) is 0 Å². The number of halogens is 1. The van der Waals surface area contributed by atoms with Gasteiger partial charge in [0.2, 0.25) is 0 Å². The molecule has 16 heavy (non-hydrogen) atoms. The minimum absolute atomic E-state index is 0.0791. The first-order chi connectivity index (χ1) is 7.65. The summed E-state index contributed by atoms with van der Waals surface area (Å²) in [6.07, 6.45) is 3.92. The molecule has 2 N–H and O–H groups in total. The lowest BCUT2D eigenvalue weighted by molar-refractivity contribution is 0.114. The Morgan fingerprint density at radius 3 is 2.62 bits per heavy atom. The molecule has 0 amide bonds. The van der Waals surface area contributed by atoms with Crippen LogP contribution in [0.4, 0.5) is 0 Å². The molecule has 90 valence electrons. The summed E-state index contributed by atoms with van der Waals surface area (Å²) in [7, 11) is 0. The van der Waals surface area contributed by atoms with E-state index in [4.69, 9.17) is 11.6 Å². The highest BCUT2D eigenvalue weighted by Gasteiger charge is 2.21. The molecule has 0 aromatic carbocycles. The predicted molar refractivity (Wildman–Crippen MR) is 69.1 cm³/mol. The van der Waals surface area contributed by atoms with Crippen molar-refractivity contribution in [2.24, 2.45) is 0 Å². The molecule has 2 nitrogen and oxygen atoms in total. The molecule has 1 fully saturated rings. The van der Waals surface area contributed by atoms with Crippen molar-refractivity contribution in [3.63, 3.8) is 0 Å². The first-order valence-corrected chi connectivity index (χ1v) is 7.04. The van der Waals surface area contributed by atoms with E-state index in [0.29, 0.717) is 12.1 Å². The van der Waals surface area contributed by atoms with Crippen molar-refractivity contribution in [1.82, 2.24) is 5.32 Å². The smallest absolute Gasteiger partial charge is 0.0931 e. The summed E-state index contributed by atoms with van der Waals surface area (Å²) in [6.45, 7) is 2.17. The lowest BCUT2D eigenvalue weighted by atomic mass is 9.92. The second-order valence-corrected chi connectivity index (χ2v) is 6.28. The molecule has 1 aromatic heterocycles. The number of nitrogens with one attached hydrogen (secondary N) is 1. The van der Waals surface area contributed by atoms with Gasteiger partial charge < -0.3 is 10.4 Å². The summed E-state index contributed by atoms with van der Waals surface area (Å²) in [5.74, 6) is 0. The second kappa shape index (κ2) is 5.50. The van der Waals surface area contributed by atoms with Crippen LogP contribution in [0, 0.1) is 0 Å². The molecule has 0 aliphatic heterocycles. The third-order valence-corrected chi connectivity index (χ3v) is 4.62. The minimum Gasteiger partial charge on any atom is -0.393 e. The van der Waals surface area contributed by atoms with Crippen LogP contribution in [0.1, 0.15) is 43.5 Å². The van der Waals surface area contributed by atoms with Gasteiger partial charge in [0.25, 0.3) is 0 Å². The molecule has 0 spiro atoms. The first-order valence-electron chi connectivity index (χ1n) is 5.84. The molecule has 1 heterocycles. The van der Waals surface area contributed by atoms with E-state index in [0.717, 1.165) is 30.0 Å². The van der Waals surface area contributed by atoms with E-state index in [1.54, 1.807) is 11.3 Å². The predicted octanol–water partition coefficient (Wildman–Crippen LogP) is 3.36. The van der Waals surface area contributed by atoms with E-state index in [2.05, 4.69) is 18.3 Å². The summed E-state index contributed by atoms with van der Waals surface area (Å²) >= 11 is 7.56. The van der Waals surface area contributed by atoms with E-state index in [1.807, 2.05) is 6.07 Å². The van der Waals surface area contributed by atoms with Crippen LogP contribution in [0.3, 0.4) is 0 Å². The van der Waals surface area contributed by atoms with Crippen molar-refractivity contribution >= 4 is 22.9 Å². The molecule has 1 saturated carbocycles. The molecular formula is C12H18ClNOS. The molecule has 1 unspecified atom stereocenters. The summed E-state index contributed by atoms with van der Waals surface area (Å²) in [5.41, 5.74) is 0. The second-order valence-electron chi connectivity index (χ2n) is 4.54. The van der Waals surface area contributed by atoms with Crippen LogP contribution >= 0.6 is 22.9 Å². The van der Waals surface area contributed by atoms with Crippen LogP contribution in [0.2, 0.25) is 4.34 Å². The van der Waals surface area contributed by atoms with Gasteiger partial charge in [-0.05, 0) is 44.7 Å². The summed E-state index contributed by atoms with van der Waals surface area (Å²) in [6, 6.07) is 4.93. The van der Waals surface area contributed by atoms with Crippen LogP contribution < -0.4 is 5.32 Å². The number of thiophene rings is 1. The fraction of sp³-hybridized carbons (Fsp3) is 0.667. The van der Waals surface area contributed by atoms with Crippen molar-refractivity contribution in [1.29, 1.82) is 0 Å². The average Bonchev–Trinajstić information content (AvgIpc) is 2.68. The van der Waals surface area contributed by atoms with Crippen molar-refractivity contribution in [3.8, 4) is 0 Å². The van der Waals surface area contributed by atoms with Gasteiger partial charge in [0.15, 0.2) is 0 Å². The maximum absolute atomic E-state index is 9.44. The fourth-order valence-corrected chi connectivity index (χ4v) is 3.31. The quantitative estimate of drug-likeness (QED) is 0.873. The lowest BCUT2D eigenvalue weighted by Gasteiger charge is -2.28. The molecule has 0 saturated heterocycles. The highest BCUT2D eigenvalue weighted by molar-refractivity contribution is 7.16. The van der Waals surface area contributed by atoms with E-state index in [-0.39, 0.29) is 6.10 Å². The third kappa shape index (κ3) is 3.20. The van der Waals surface area contributed by atoms with E-state index in [1.165, 1.54) is 4.88 Å². The number of hydrogen-bond acceptors (Lipinski definition) is 3. The molecule has 1 aliphatic rings. The molecule has 1 aliphatic carbocycles. The van der Waals surface area contributed by atoms with E-state index < -0.39 is 0 Å².